The molecular weight excluding hydrogens is 1220 g/mol. The van der Waals surface area contributed by atoms with E-state index in [-0.39, 0.29) is 12.2 Å². The largest absolute Gasteiger partial charge is 0.534 e. The summed E-state index contributed by atoms with van der Waals surface area (Å²) >= 11 is 5.65. The highest BCUT2D eigenvalue weighted by Gasteiger charge is 2.48. The molecule has 0 fully saturated rings. The fourth-order valence-corrected chi connectivity index (χ4v) is 11.5. The summed E-state index contributed by atoms with van der Waals surface area (Å²) in [7, 11) is -5.72. The van der Waals surface area contributed by atoms with E-state index in [0.29, 0.717) is 11.1 Å². The first kappa shape index (κ1) is 63.9. The smallest absolute Gasteiger partial charge is 0.494 e. The normalized spacial score (nSPS) is 10.7. The average molecular weight is 1290 g/mol. The third-order valence-electron chi connectivity index (χ3n) is 13.1. The second kappa shape index (κ2) is 31.8. The second-order valence-corrected chi connectivity index (χ2v) is 22.8. The molecule has 2 heterocycles. The van der Waals surface area contributed by atoms with E-state index in [1.165, 1.54) is 79.7 Å². The predicted octanol–water partition coefficient (Wildman–Crippen LogP) is 19.5. The number of alkyl halides is 4. The molecule has 0 amide bonds. The molecule has 8 aromatic carbocycles. The first-order chi connectivity index (χ1) is 40.8. The highest BCUT2D eigenvalue weighted by molar-refractivity contribution is 14.1. The molecule has 0 radical (unpaired) electrons. The maximum Gasteiger partial charge on any atom is 0.534 e. The molecule has 0 unspecified atom stereocenters. The lowest BCUT2D eigenvalue weighted by molar-refractivity contribution is -0.0500. The highest BCUT2D eigenvalue weighted by Crippen LogP contribution is 2.36. The number of aryl methyl sites for hydroxylation is 2. The number of terminal acetylenes is 1. The Kier molecular flexibility index (Phi) is 24.2. The lowest BCUT2D eigenvalue weighted by atomic mass is 10.0. The molecule has 0 spiro atoms. The van der Waals surface area contributed by atoms with E-state index >= 15 is 0 Å². The summed E-state index contributed by atoms with van der Waals surface area (Å²) in [5.41, 5.74) is 2.40. The minimum atomic E-state index is -5.72. The van der Waals surface area contributed by atoms with Crippen LogP contribution >= 0.6 is 45.3 Å². The first-order valence-electron chi connectivity index (χ1n) is 27.7. The Balaban J connectivity index is 0.000000194. The van der Waals surface area contributed by atoms with Gasteiger partial charge in [0.05, 0.1) is 13.2 Å². The molecule has 0 aliphatic carbocycles. The summed E-state index contributed by atoms with van der Waals surface area (Å²) in [6, 6.07) is 55.4. The minimum absolute atomic E-state index is 0.284. The summed E-state index contributed by atoms with van der Waals surface area (Å²) in [5, 5.41) is 4.97. The van der Waals surface area contributed by atoms with Gasteiger partial charge in [0.25, 0.3) is 0 Å². The number of fused-ring (bicyclic) bond motifs is 6. The van der Waals surface area contributed by atoms with Crippen molar-refractivity contribution in [1.82, 2.24) is 0 Å². The molecule has 10 aromatic rings. The third-order valence-corrected chi connectivity index (χ3v) is 16.4. The molecule has 2 aromatic heterocycles. The lowest BCUT2D eigenvalue weighted by Gasteiger charge is -2.12. The molecule has 0 saturated carbocycles. The van der Waals surface area contributed by atoms with E-state index < -0.39 is 15.6 Å². The number of ether oxygens (including phenoxy) is 2. The number of thiophene rings is 2. The molecule has 0 saturated heterocycles. The van der Waals surface area contributed by atoms with Crippen molar-refractivity contribution in [3.05, 3.63) is 220 Å². The second-order valence-electron chi connectivity index (χ2n) is 19.1. The monoisotopic (exact) mass is 1290 g/mol. The van der Waals surface area contributed by atoms with Crippen LogP contribution in [0.3, 0.4) is 0 Å². The molecule has 0 aliphatic heterocycles. The summed E-state index contributed by atoms with van der Waals surface area (Å²) in [4.78, 5) is 1.97. The van der Waals surface area contributed by atoms with Gasteiger partial charge >= 0.3 is 15.6 Å². The SMILES string of the molecule is C#Cc1ccc(OCCCCC)cc1.CCCCCOc1ccc(C#Cc2ccc(C#Cc3ccc4c(c3)sc3ccccc34)cc2CC)cc1.CCc1cc(C#Cc2ccc3c(c2)sc2ccccc23)ccc1OS(=O)(=O)C(F)(F)F.CI. The number of unbranched alkanes of at least 4 members (excludes halogenated alkanes) is 4. The zero-order chi connectivity index (χ0) is 59.9. The fraction of sp³-hybridized carbons (Fsp3) is 0.222. The van der Waals surface area contributed by atoms with E-state index in [2.05, 4.69) is 162 Å². The number of hydrogen-bond acceptors (Lipinski definition) is 7. The number of halogens is 4. The van der Waals surface area contributed by atoms with Crippen molar-refractivity contribution < 1.29 is 35.2 Å². The van der Waals surface area contributed by atoms with Crippen molar-refractivity contribution in [2.75, 3.05) is 18.1 Å². The van der Waals surface area contributed by atoms with Crippen molar-refractivity contribution in [2.24, 2.45) is 0 Å². The standard InChI is InChI=1S/C35H30OS.C23H15F3O3S2.C13H16O.CH3I/c1-3-5-8-23-36-31-20-15-26(16-21-31)13-18-30-19-14-27(24-29(30)4-2)11-12-28-17-22-33-32-9-6-7-10-34(32)37-35(33)25-28;1-2-17-13-15(10-12-20(17)29-31(27,28)23(24,25)26)7-8-16-9-11-19-18-5-3-4-6-21(18)30-22(19)14-16;1-3-5-6-11-14-13-9-7-12(4-2)8-10-13;1-2/h6-7,9-10,14-17,19-22,24-25H,3-5,8,23H2,1-2H3;3-6,9-14H,2H2,1H3;2,7-10H,3,5-6,11H2,1H3;1H3. The molecule has 5 nitrogen and oxygen atoms in total. The van der Waals surface area contributed by atoms with Crippen molar-refractivity contribution in [2.45, 2.75) is 84.6 Å². The van der Waals surface area contributed by atoms with Crippen molar-refractivity contribution in [3.63, 3.8) is 0 Å². The van der Waals surface area contributed by atoms with Crippen molar-refractivity contribution in [3.8, 4) is 65.1 Å². The zero-order valence-corrected chi connectivity index (χ0v) is 52.2. The van der Waals surface area contributed by atoms with Crippen LogP contribution in [-0.4, -0.2) is 32.1 Å². The van der Waals surface area contributed by atoms with E-state index in [9.17, 15) is 21.6 Å². The van der Waals surface area contributed by atoms with Crippen molar-refractivity contribution >= 4 is 95.7 Å². The Hall–Kier alpha value is -7.69. The van der Waals surface area contributed by atoms with Gasteiger partial charge in [-0.3, -0.25) is 0 Å². The van der Waals surface area contributed by atoms with Gasteiger partial charge in [0.15, 0.2) is 0 Å². The topological polar surface area (TPSA) is 61.8 Å². The maximum atomic E-state index is 12.6. The Labute approximate surface area is 514 Å². The van der Waals surface area contributed by atoms with Gasteiger partial charge in [0.1, 0.15) is 17.2 Å². The highest BCUT2D eigenvalue weighted by atomic mass is 127. The molecule has 0 N–H and O–H groups in total. The van der Waals surface area contributed by atoms with Crippen LogP contribution in [0.2, 0.25) is 0 Å². The predicted molar refractivity (Wildman–Crippen MR) is 355 cm³/mol. The van der Waals surface area contributed by atoms with Crippen LogP contribution in [0.1, 0.15) is 116 Å². The van der Waals surface area contributed by atoms with Gasteiger partial charge in [-0.15, -0.1) is 29.1 Å². The molecule has 0 atom stereocenters. The van der Waals surface area contributed by atoms with Gasteiger partial charge < -0.3 is 13.7 Å². The molecule has 428 valence electrons. The van der Waals surface area contributed by atoms with Gasteiger partial charge in [-0.05, 0) is 163 Å². The minimum Gasteiger partial charge on any atom is -0.494 e. The van der Waals surface area contributed by atoms with Crippen LogP contribution in [0.5, 0.6) is 17.2 Å². The molecular formula is C72H64F3IO5S3. The van der Waals surface area contributed by atoms with Crippen LogP contribution in [0.15, 0.2) is 170 Å². The van der Waals surface area contributed by atoms with Crippen LogP contribution < -0.4 is 13.7 Å². The Morgan fingerprint density at radius 2 is 0.869 bits per heavy atom. The maximum absolute atomic E-state index is 12.6. The van der Waals surface area contributed by atoms with Gasteiger partial charge in [-0.25, -0.2) is 0 Å². The number of rotatable bonds is 14. The summed E-state index contributed by atoms with van der Waals surface area (Å²) < 4.78 is 80.9. The van der Waals surface area contributed by atoms with Crippen LogP contribution in [-0.2, 0) is 23.0 Å². The average Bonchev–Trinajstić information content (AvgIpc) is 4.06. The van der Waals surface area contributed by atoms with Gasteiger partial charge in [0, 0.05) is 79.3 Å². The van der Waals surface area contributed by atoms with Gasteiger partial charge in [-0.2, -0.15) is 21.6 Å². The van der Waals surface area contributed by atoms with Gasteiger partial charge in [0.2, 0.25) is 0 Å². The van der Waals surface area contributed by atoms with Crippen LogP contribution in [0.4, 0.5) is 13.2 Å². The zero-order valence-electron chi connectivity index (χ0n) is 47.6. The van der Waals surface area contributed by atoms with Crippen LogP contribution in [0, 0.1) is 47.9 Å². The molecule has 0 aliphatic rings. The molecule has 10 rings (SSSR count). The summed E-state index contributed by atoms with van der Waals surface area (Å²) in [6.07, 6.45) is 13.5. The van der Waals surface area contributed by atoms with E-state index in [1.54, 1.807) is 18.3 Å². The summed E-state index contributed by atoms with van der Waals surface area (Å²) in [5.74, 6) is 23.5. The first-order valence-corrected chi connectivity index (χ1v) is 32.9. The van der Waals surface area contributed by atoms with E-state index in [4.69, 9.17) is 15.9 Å². The molecule has 0 bridgehead atoms. The fourth-order valence-electron chi connectivity index (χ4n) is 8.67. The number of benzene rings is 8. The Morgan fingerprint density at radius 3 is 1.33 bits per heavy atom. The van der Waals surface area contributed by atoms with Crippen molar-refractivity contribution in [1.29, 1.82) is 0 Å². The number of hydrogen-bond donors (Lipinski definition) is 0. The summed E-state index contributed by atoms with van der Waals surface area (Å²) in [6.45, 7) is 9.80. The lowest BCUT2D eigenvalue weighted by Crippen LogP contribution is -2.28. The third kappa shape index (κ3) is 17.9. The van der Waals surface area contributed by atoms with Crippen LogP contribution in [0.25, 0.3) is 40.3 Å². The van der Waals surface area contributed by atoms with E-state index in [0.717, 1.165) is 87.4 Å². The van der Waals surface area contributed by atoms with Gasteiger partial charge in [-0.1, -0.05) is 166 Å². The Bertz CT molecular complexity index is 4180. The quantitative estimate of drug-likeness (QED) is 0.0271. The molecule has 84 heavy (non-hydrogen) atoms. The Morgan fingerprint density at radius 1 is 0.464 bits per heavy atom. The molecule has 12 heteroatoms. The van der Waals surface area contributed by atoms with E-state index in [1.807, 2.05) is 95.1 Å².